The van der Waals surface area contributed by atoms with Crippen LogP contribution in [-0.4, -0.2) is 15.6 Å². The lowest BCUT2D eigenvalue weighted by molar-refractivity contribution is 0.104. The number of aryl methyl sites for hydroxylation is 1. The second-order valence-corrected chi connectivity index (χ2v) is 4.57. The van der Waals surface area contributed by atoms with E-state index in [1.54, 1.807) is 35.2 Å². The van der Waals surface area contributed by atoms with Crippen LogP contribution in [0.3, 0.4) is 0 Å². The maximum atomic E-state index is 11.8. The fraction of sp³-hybridized carbons (Fsp3) is 0.0769. The molecule has 0 aliphatic heterocycles. The molecule has 0 spiro atoms. The number of ketones is 1. The van der Waals surface area contributed by atoms with Crippen molar-refractivity contribution in [3.05, 3.63) is 58.3 Å². The zero-order valence-electron chi connectivity index (χ0n) is 9.30. The first-order valence-electron chi connectivity index (χ1n) is 5.12. The number of hydrogen-bond donors (Lipinski definition) is 0. The van der Waals surface area contributed by atoms with E-state index in [1.165, 1.54) is 0 Å². The van der Waals surface area contributed by atoms with Crippen molar-refractivity contribution in [1.82, 2.24) is 9.78 Å². The molecule has 2 rings (SSSR count). The highest BCUT2D eigenvalue weighted by Crippen LogP contribution is 2.13. The summed E-state index contributed by atoms with van der Waals surface area (Å²) in [7, 11) is 1.84. The average molecular weight is 291 g/mol. The molecule has 0 saturated carbocycles. The van der Waals surface area contributed by atoms with Crippen LogP contribution in [0.2, 0.25) is 0 Å². The number of rotatable bonds is 3. The van der Waals surface area contributed by atoms with Crippen LogP contribution in [-0.2, 0) is 7.05 Å². The number of halogens is 1. The van der Waals surface area contributed by atoms with Crippen molar-refractivity contribution in [2.45, 2.75) is 0 Å². The summed E-state index contributed by atoms with van der Waals surface area (Å²) in [5.41, 5.74) is 1.58. The Morgan fingerprint density at radius 1 is 1.47 bits per heavy atom. The fourth-order valence-electron chi connectivity index (χ4n) is 1.44. The van der Waals surface area contributed by atoms with E-state index < -0.39 is 0 Å². The molecular formula is C13H11BrN2O. The Bertz CT molecular complexity index is 572. The molecule has 0 unspecified atom stereocenters. The van der Waals surface area contributed by atoms with E-state index in [0.29, 0.717) is 5.56 Å². The quantitative estimate of drug-likeness (QED) is 0.643. The molecule has 0 N–H and O–H groups in total. The van der Waals surface area contributed by atoms with Crippen LogP contribution in [0.4, 0.5) is 0 Å². The highest BCUT2D eigenvalue weighted by atomic mass is 79.9. The van der Waals surface area contributed by atoms with Crippen molar-refractivity contribution in [2.75, 3.05) is 0 Å². The van der Waals surface area contributed by atoms with Gasteiger partial charge in [-0.3, -0.25) is 9.48 Å². The normalized spacial score (nSPS) is 10.9. The van der Waals surface area contributed by atoms with Crippen LogP contribution in [0.15, 0.2) is 47.2 Å². The molecule has 1 heterocycles. The predicted molar refractivity (Wildman–Crippen MR) is 70.7 cm³/mol. The average Bonchev–Trinajstić information content (AvgIpc) is 2.72. The Morgan fingerprint density at radius 3 is 2.94 bits per heavy atom. The first-order chi connectivity index (χ1) is 8.15. The summed E-state index contributed by atoms with van der Waals surface area (Å²) in [6.07, 6.45) is 6.88. The van der Waals surface area contributed by atoms with Gasteiger partial charge in [0.2, 0.25) is 0 Å². The highest BCUT2D eigenvalue weighted by Gasteiger charge is 2.01. The molecule has 4 heteroatoms. The van der Waals surface area contributed by atoms with Gasteiger partial charge in [0.1, 0.15) is 0 Å². The molecule has 0 amide bonds. The molecular weight excluding hydrogens is 280 g/mol. The number of nitrogens with zero attached hydrogens (tertiary/aromatic N) is 2. The summed E-state index contributed by atoms with van der Waals surface area (Å²) in [6.45, 7) is 0. The maximum absolute atomic E-state index is 11.8. The summed E-state index contributed by atoms with van der Waals surface area (Å²) in [4.78, 5) is 11.8. The molecule has 0 saturated heterocycles. The minimum Gasteiger partial charge on any atom is -0.289 e. The SMILES string of the molecule is Cn1cc(C=CC(=O)c2cccc(Br)c2)cn1. The molecule has 0 fully saturated rings. The zero-order valence-corrected chi connectivity index (χ0v) is 10.9. The summed E-state index contributed by atoms with van der Waals surface area (Å²) in [6, 6.07) is 7.33. The first-order valence-corrected chi connectivity index (χ1v) is 5.91. The van der Waals surface area contributed by atoms with Gasteiger partial charge in [0.05, 0.1) is 6.20 Å². The van der Waals surface area contributed by atoms with Crippen LogP contribution in [0.1, 0.15) is 15.9 Å². The van der Waals surface area contributed by atoms with E-state index in [4.69, 9.17) is 0 Å². The maximum Gasteiger partial charge on any atom is 0.185 e. The fourth-order valence-corrected chi connectivity index (χ4v) is 1.84. The number of carbonyl (C=O) groups excluding carboxylic acids is 1. The standard InChI is InChI=1S/C13H11BrN2O/c1-16-9-10(8-15-16)5-6-13(17)11-3-2-4-12(14)7-11/h2-9H,1H3. The monoisotopic (exact) mass is 290 g/mol. The van der Waals surface area contributed by atoms with Crippen LogP contribution in [0.25, 0.3) is 6.08 Å². The lowest BCUT2D eigenvalue weighted by Crippen LogP contribution is -1.93. The van der Waals surface area contributed by atoms with Crippen LogP contribution in [0, 0.1) is 0 Å². The van der Waals surface area contributed by atoms with Gasteiger partial charge in [-0.25, -0.2) is 0 Å². The summed E-state index contributed by atoms with van der Waals surface area (Å²) in [5, 5.41) is 4.03. The van der Waals surface area contributed by atoms with Crippen molar-refractivity contribution in [3.8, 4) is 0 Å². The second kappa shape index (κ2) is 5.10. The van der Waals surface area contributed by atoms with Crippen molar-refractivity contribution in [1.29, 1.82) is 0 Å². The molecule has 1 aromatic heterocycles. The van der Waals surface area contributed by atoms with E-state index in [2.05, 4.69) is 21.0 Å². The Labute approximate surface area is 108 Å². The molecule has 3 nitrogen and oxygen atoms in total. The predicted octanol–water partition coefficient (Wildman–Crippen LogP) is 3.08. The Hall–Kier alpha value is -1.68. The van der Waals surface area contributed by atoms with Crippen molar-refractivity contribution in [2.24, 2.45) is 7.05 Å². The number of benzene rings is 1. The summed E-state index contributed by atoms with van der Waals surface area (Å²) >= 11 is 3.34. The topological polar surface area (TPSA) is 34.9 Å². The Balaban J connectivity index is 2.14. The first kappa shape index (κ1) is 11.8. The minimum atomic E-state index is -0.0184. The van der Waals surface area contributed by atoms with Crippen molar-refractivity contribution < 1.29 is 4.79 Å². The van der Waals surface area contributed by atoms with Gasteiger partial charge in [-0.15, -0.1) is 0 Å². The highest BCUT2D eigenvalue weighted by molar-refractivity contribution is 9.10. The lowest BCUT2D eigenvalue weighted by atomic mass is 10.1. The summed E-state index contributed by atoms with van der Waals surface area (Å²) < 4.78 is 2.60. The molecule has 0 atom stereocenters. The smallest absolute Gasteiger partial charge is 0.185 e. The third-order valence-corrected chi connectivity index (χ3v) is 2.75. The molecule has 0 radical (unpaired) electrons. The number of allylic oxidation sites excluding steroid dienone is 1. The molecule has 17 heavy (non-hydrogen) atoms. The van der Waals surface area contributed by atoms with Gasteiger partial charge in [-0.2, -0.15) is 5.10 Å². The van der Waals surface area contributed by atoms with Crippen LogP contribution < -0.4 is 0 Å². The van der Waals surface area contributed by atoms with E-state index in [-0.39, 0.29) is 5.78 Å². The lowest BCUT2D eigenvalue weighted by Gasteiger charge is -1.95. The second-order valence-electron chi connectivity index (χ2n) is 3.66. The third-order valence-electron chi connectivity index (χ3n) is 2.26. The molecule has 2 aromatic rings. The molecule has 0 bridgehead atoms. The Morgan fingerprint density at radius 2 is 2.29 bits per heavy atom. The van der Waals surface area contributed by atoms with Crippen LogP contribution in [0.5, 0.6) is 0 Å². The van der Waals surface area contributed by atoms with E-state index >= 15 is 0 Å². The van der Waals surface area contributed by atoms with Gasteiger partial charge in [-0.05, 0) is 24.3 Å². The summed E-state index contributed by atoms with van der Waals surface area (Å²) in [5.74, 6) is -0.0184. The van der Waals surface area contributed by atoms with Gasteiger partial charge in [0, 0.05) is 28.8 Å². The molecule has 1 aromatic carbocycles. The third kappa shape index (κ3) is 3.14. The van der Waals surface area contributed by atoms with Gasteiger partial charge in [-0.1, -0.05) is 28.1 Å². The van der Waals surface area contributed by atoms with Gasteiger partial charge in [0.15, 0.2) is 5.78 Å². The minimum absolute atomic E-state index is 0.0184. The van der Waals surface area contributed by atoms with Gasteiger partial charge in [0.25, 0.3) is 0 Å². The largest absolute Gasteiger partial charge is 0.289 e. The number of carbonyl (C=O) groups is 1. The van der Waals surface area contributed by atoms with Crippen molar-refractivity contribution >= 4 is 27.8 Å². The number of aromatic nitrogens is 2. The zero-order chi connectivity index (χ0) is 12.3. The Kier molecular flexibility index (Phi) is 3.54. The van der Waals surface area contributed by atoms with Gasteiger partial charge >= 0.3 is 0 Å². The number of hydrogen-bond acceptors (Lipinski definition) is 2. The molecule has 0 aliphatic rings. The van der Waals surface area contributed by atoms with E-state index in [0.717, 1.165) is 10.0 Å². The van der Waals surface area contributed by atoms with Gasteiger partial charge < -0.3 is 0 Å². The molecule has 86 valence electrons. The van der Waals surface area contributed by atoms with Crippen LogP contribution >= 0.6 is 15.9 Å². The van der Waals surface area contributed by atoms with E-state index in [1.807, 2.05) is 25.4 Å². The molecule has 0 aliphatic carbocycles. The van der Waals surface area contributed by atoms with E-state index in [9.17, 15) is 4.79 Å². The van der Waals surface area contributed by atoms with Crippen molar-refractivity contribution in [3.63, 3.8) is 0 Å².